The molecule has 2 aromatic rings. The molecule has 41 heavy (non-hydrogen) atoms. The number of carbonyl (C=O) groups is 2. The van der Waals surface area contributed by atoms with Gasteiger partial charge >= 0.3 is 6.09 Å². The Morgan fingerprint density at radius 1 is 1.10 bits per heavy atom. The van der Waals surface area contributed by atoms with Crippen LogP contribution in [0.5, 0.6) is 5.75 Å². The number of amides is 2. The number of allylic oxidation sites excluding steroid dienone is 1. The molecule has 1 spiro atoms. The van der Waals surface area contributed by atoms with Gasteiger partial charge in [0.15, 0.2) is 0 Å². The van der Waals surface area contributed by atoms with E-state index in [-0.39, 0.29) is 35.2 Å². The quantitative estimate of drug-likeness (QED) is 0.292. The number of epoxide rings is 2. The molecule has 2 heterocycles. The number of hydrogen-bond donors (Lipinski definition) is 2. The van der Waals surface area contributed by atoms with Crippen LogP contribution in [0, 0.1) is 5.92 Å². The topological polar surface area (TPSA) is 102 Å². The molecule has 2 aromatic carbocycles. The summed E-state index contributed by atoms with van der Waals surface area (Å²) >= 11 is 0. The van der Waals surface area contributed by atoms with Gasteiger partial charge in [-0.05, 0) is 69.7 Å². The lowest BCUT2D eigenvalue weighted by Crippen LogP contribution is -2.50. The van der Waals surface area contributed by atoms with Crippen LogP contribution in [0.25, 0.3) is 0 Å². The van der Waals surface area contributed by atoms with E-state index in [1.807, 2.05) is 54.6 Å². The van der Waals surface area contributed by atoms with Crippen molar-refractivity contribution in [3.05, 3.63) is 77.4 Å². The minimum atomic E-state index is -0.779. The standard InChI is InChI=1S/C33H42N2O6/c1-22(2)10-15-29-32(3,41-29)28-19-26(16-17-33(28)21-39-33)40-31(37)35-27(18-23-8-6-5-7-9-23)30(36)34-20-24-11-13-25(38-4)14-12-24/h5-14,26-29H,15-21H2,1-4H3,(H,34,36)(H,35,37)/t26-,27+,28-,29-,32-,33+/m1/s1. The summed E-state index contributed by atoms with van der Waals surface area (Å²) in [6.07, 6.45) is 5.00. The Morgan fingerprint density at radius 2 is 1.83 bits per heavy atom. The Kier molecular flexibility index (Phi) is 8.71. The largest absolute Gasteiger partial charge is 0.497 e. The maximum atomic E-state index is 13.3. The van der Waals surface area contributed by atoms with E-state index in [2.05, 4.69) is 37.5 Å². The second-order valence-corrected chi connectivity index (χ2v) is 12.0. The van der Waals surface area contributed by atoms with Crippen molar-refractivity contribution in [1.29, 1.82) is 0 Å². The molecule has 0 unspecified atom stereocenters. The summed E-state index contributed by atoms with van der Waals surface area (Å²) in [5.41, 5.74) is 2.72. The van der Waals surface area contributed by atoms with Crippen molar-refractivity contribution in [3.8, 4) is 5.75 Å². The van der Waals surface area contributed by atoms with Crippen molar-refractivity contribution in [2.45, 2.75) is 88.9 Å². The first kappa shape index (κ1) is 29.1. The summed E-state index contributed by atoms with van der Waals surface area (Å²) in [6, 6.07) is 16.4. The molecular formula is C33H42N2O6. The first-order valence-corrected chi connectivity index (χ1v) is 14.6. The predicted molar refractivity (Wildman–Crippen MR) is 156 cm³/mol. The molecule has 2 aliphatic heterocycles. The normalized spacial score (nSPS) is 28.7. The second kappa shape index (κ2) is 12.2. The molecule has 0 aromatic heterocycles. The Hall–Kier alpha value is -3.36. The lowest BCUT2D eigenvalue weighted by molar-refractivity contribution is -0.123. The monoisotopic (exact) mass is 562 g/mol. The SMILES string of the molecule is COc1ccc(CNC(=O)[C@H](Cc2ccccc2)NC(=O)O[C@@H]2CC[C@]3(CO3)[C@@H]([C@@]3(C)O[C@@H]3CC=C(C)C)C2)cc1. The molecule has 0 bridgehead atoms. The van der Waals surface area contributed by atoms with Crippen LogP contribution in [0.15, 0.2) is 66.2 Å². The fourth-order valence-corrected chi connectivity index (χ4v) is 6.12. The summed E-state index contributed by atoms with van der Waals surface area (Å²) in [5, 5.41) is 5.81. The predicted octanol–water partition coefficient (Wildman–Crippen LogP) is 5.10. The highest BCUT2D eigenvalue weighted by Gasteiger charge is 2.68. The molecule has 1 aliphatic carbocycles. The fourth-order valence-electron chi connectivity index (χ4n) is 6.12. The number of benzene rings is 2. The van der Waals surface area contributed by atoms with Crippen LogP contribution in [0.3, 0.4) is 0 Å². The van der Waals surface area contributed by atoms with Crippen LogP contribution in [0.2, 0.25) is 0 Å². The Labute approximate surface area is 242 Å². The van der Waals surface area contributed by atoms with Gasteiger partial charge in [0.1, 0.15) is 17.9 Å². The molecule has 0 radical (unpaired) electrons. The number of methoxy groups -OCH3 is 1. The lowest BCUT2D eigenvalue weighted by atomic mass is 9.70. The molecule has 6 atom stereocenters. The van der Waals surface area contributed by atoms with Crippen LogP contribution in [0.1, 0.15) is 57.6 Å². The number of ether oxygens (including phenoxy) is 4. The number of alkyl carbamates (subject to hydrolysis) is 1. The number of nitrogens with one attached hydrogen (secondary N) is 2. The average molecular weight is 563 g/mol. The molecule has 8 heteroatoms. The number of hydrogen-bond acceptors (Lipinski definition) is 6. The van der Waals surface area contributed by atoms with E-state index in [1.165, 1.54) is 5.57 Å². The fraction of sp³-hybridized carbons (Fsp3) is 0.515. The van der Waals surface area contributed by atoms with Crippen molar-refractivity contribution >= 4 is 12.0 Å². The molecule has 2 saturated heterocycles. The molecule has 8 nitrogen and oxygen atoms in total. The van der Waals surface area contributed by atoms with Crippen molar-refractivity contribution in [1.82, 2.24) is 10.6 Å². The maximum Gasteiger partial charge on any atom is 0.408 e. The molecule has 2 N–H and O–H groups in total. The maximum absolute atomic E-state index is 13.3. The third-order valence-electron chi connectivity index (χ3n) is 8.74. The summed E-state index contributed by atoms with van der Waals surface area (Å²) in [5.74, 6) is 0.640. The van der Waals surface area contributed by atoms with Crippen LogP contribution in [0.4, 0.5) is 4.79 Å². The van der Waals surface area contributed by atoms with Gasteiger partial charge in [-0.15, -0.1) is 0 Å². The number of carbonyl (C=O) groups excluding carboxylic acids is 2. The molecule has 3 fully saturated rings. The highest BCUT2D eigenvalue weighted by Crippen LogP contribution is 2.59. The smallest absolute Gasteiger partial charge is 0.408 e. The van der Waals surface area contributed by atoms with E-state index >= 15 is 0 Å². The summed E-state index contributed by atoms with van der Waals surface area (Å²) in [7, 11) is 1.61. The molecule has 1 saturated carbocycles. The molecule has 3 aliphatic rings. The van der Waals surface area contributed by atoms with Crippen molar-refractivity contribution < 1.29 is 28.5 Å². The van der Waals surface area contributed by atoms with Crippen molar-refractivity contribution in [3.63, 3.8) is 0 Å². The average Bonchev–Trinajstić information content (AvgIpc) is 3.89. The van der Waals surface area contributed by atoms with E-state index in [4.69, 9.17) is 18.9 Å². The highest BCUT2D eigenvalue weighted by atomic mass is 16.6. The molecule has 2 amide bonds. The second-order valence-electron chi connectivity index (χ2n) is 12.0. The first-order chi connectivity index (χ1) is 19.7. The van der Waals surface area contributed by atoms with E-state index in [1.54, 1.807) is 7.11 Å². The third kappa shape index (κ3) is 7.11. The molecular weight excluding hydrogens is 520 g/mol. The van der Waals surface area contributed by atoms with Gasteiger partial charge in [-0.1, -0.05) is 54.1 Å². The van der Waals surface area contributed by atoms with Crippen LogP contribution in [-0.2, 0) is 32.0 Å². The van der Waals surface area contributed by atoms with Crippen molar-refractivity contribution in [2.24, 2.45) is 5.92 Å². The summed E-state index contributed by atoms with van der Waals surface area (Å²) < 4.78 is 23.3. The van der Waals surface area contributed by atoms with Gasteiger partial charge in [0.2, 0.25) is 5.91 Å². The number of rotatable bonds is 11. The molecule has 5 rings (SSSR count). The third-order valence-corrected chi connectivity index (χ3v) is 8.74. The summed E-state index contributed by atoms with van der Waals surface area (Å²) in [4.78, 5) is 26.4. The highest BCUT2D eigenvalue weighted by molar-refractivity contribution is 5.86. The van der Waals surface area contributed by atoms with Crippen LogP contribution >= 0.6 is 0 Å². The van der Waals surface area contributed by atoms with Crippen LogP contribution in [-0.4, -0.2) is 55.2 Å². The van der Waals surface area contributed by atoms with E-state index in [9.17, 15) is 9.59 Å². The van der Waals surface area contributed by atoms with Gasteiger partial charge in [0.25, 0.3) is 0 Å². The molecule has 220 valence electrons. The van der Waals surface area contributed by atoms with Gasteiger partial charge in [-0.2, -0.15) is 0 Å². The Bertz CT molecular complexity index is 1240. The van der Waals surface area contributed by atoms with Gasteiger partial charge in [0, 0.05) is 18.9 Å². The zero-order chi connectivity index (χ0) is 29.0. The van der Waals surface area contributed by atoms with Gasteiger partial charge in [0.05, 0.1) is 31.0 Å². The zero-order valence-electron chi connectivity index (χ0n) is 24.5. The van der Waals surface area contributed by atoms with E-state index in [0.29, 0.717) is 19.4 Å². The van der Waals surface area contributed by atoms with E-state index in [0.717, 1.165) is 42.7 Å². The van der Waals surface area contributed by atoms with Crippen molar-refractivity contribution in [2.75, 3.05) is 13.7 Å². The van der Waals surface area contributed by atoms with Gasteiger partial charge < -0.3 is 29.6 Å². The van der Waals surface area contributed by atoms with Gasteiger partial charge in [-0.3, -0.25) is 4.79 Å². The van der Waals surface area contributed by atoms with Crippen LogP contribution < -0.4 is 15.4 Å². The zero-order valence-corrected chi connectivity index (χ0v) is 24.5. The minimum Gasteiger partial charge on any atom is -0.497 e. The first-order valence-electron chi connectivity index (χ1n) is 14.6. The summed E-state index contributed by atoms with van der Waals surface area (Å²) in [6.45, 7) is 7.43. The lowest BCUT2D eigenvalue weighted by Gasteiger charge is -2.36. The Balaban J connectivity index is 1.20. The Morgan fingerprint density at radius 3 is 2.49 bits per heavy atom. The minimum absolute atomic E-state index is 0.153. The van der Waals surface area contributed by atoms with Gasteiger partial charge in [-0.25, -0.2) is 4.79 Å². The van der Waals surface area contributed by atoms with E-state index < -0.39 is 12.1 Å².